The van der Waals surface area contributed by atoms with Crippen LogP contribution in [-0.2, 0) is 16.7 Å². The standard InChI is InChI=1S/C23H23NO5S2/c1-28-19-10-12-21(13-11-19)31(26,27)29-20-8-6-18(7-9-20)16-24(15-17-4-5-17)23(25)22-3-2-14-30-22/h2-3,6-14,17H,4-5,15-16H2,1H3. The number of carbonyl (C=O) groups is 1. The topological polar surface area (TPSA) is 72.9 Å². The Morgan fingerprint density at radius 3 is 2.29 bits per heavy atom. The Balaban J connectivity index is 1.44. The van der Waals surface area contributed by atoms with Crippen molar-refractivity contribution in [2.75, 3.05) is 13.7 Å². The highest BCUT2D eigenvalue weighted by atomic mass is 32.2. The molecule has 0 radical (unpaired) electrons. The van der Waals surface area contributed by atoms with Gasteiger partial charge in [0.15, 0.2) is 0 Å². The van der Waals surface area contributed by atoms with Crippen molar-refractivity contribution in [3.63, 3.8) is 0 Å². The van der Waals surface area contributed by atoms with Crippen LogP contribution in [0.15, 0.2) is 70.9 Å². The van der Waals surface area contributed by atoms with Crippen molar-refractivity contribution in [1.29, 1.82) is 0 Å². The fraction of sp³-hybridized carbons (Fsp3) is 0.261. The van der Waals surface area contributed by atoms with Crippen molar-refractivity contribution in [3.05, 3.63) is 76.5 Å². The van der Waals surface area contributed by atoms with Crippen molar-refractivity contribution in [2.24, 2.45) is 5.92 Å². The number of benzene rings is 2. The van der Waals surface area contributed by atoms with Gasteiger partial charge in [-0.25, -0.2) is 0 Å². The first kappa shape index (κ1) is 21.4. The molecule has 0 saturated heterocycles. The molecule has 6 nitrogen and oxygen atoms in total. The van der Waals surface area contributed by atoms with E-state index >= 15 is 0 Å². The number of ether oxygens (including phenoxy) is 1. The van der Waals surface area contributed by atoms with Crippen LogP contribution < -0.4 is 8.92 Å². The lowest BCUT2D eigenvalue weighted by Crippen LogP contribution is -2.31. The summed E-state index contributed by atoms with van der Waals surface area (Å²) in [5.74, 6) is 1.39. The summed E-state index contributed by atoms with van der Waals surface area (Å²) in [6.07, 6.45) is 2.31. The first-order valence-corrected chi connectivity index (χ1v) is 12.2. The third kappa shape index (κ3) is 5.45. The summed E-state index contributed by atoms with van der Waals surface area (Å²) in [5.41, 5.74) is 0.916. The molecule has 1 fully saturated rings. The first-order valence-electron chi connectivity index (χ1n) is 9.95. The fourth-order valence-electron chi connectivity index (χ4n) is 3.18. The fourth-order valence-corrected chi connectivity index (χ4v) is 4.80. The van der Waals surface area contributed by atoms with Gasteiger partial charge in [-0.05, 0) is 72.2 Å². The molecular formula is C23H23NO5S2. The molecule has 8 heteroatoms. The number of methoxy groups -OCH3 is 1. The number of nitrogens with zero attached hydrogens (tertiary/aromatic N) is 1. The van der Waals surface area contributed by atoms with Gasteiger partial charge >= 0.3 is 10.1 Å². The van der Waals surface area contributed by atoms with Gasteiger partial charge in [0.25, 0.3) is 5.91 Å². The molecule has 0 unspecified atom stereocenters. The lowest BCUT2D eigenvalue weighted by atomic mass is 10.2. The molecule has 1 saturated carbocycles. The first-order chi connectivity index (χ1) is 14.9. The van der Waals surface area contributed by atoms with E-state index < -0.39 is 10.1 Å². The van der Waals surface area contributed by atoms with Crippen LogP contribution in [-0.4, -0.2) is 32.9 Å². The predicted octanol–water partition coefficient (Wildman–Crippen LogP) is 4.58. The summed E-state index contributed by atoms with van der Waals surface area (Å²) < 4.78 is 35.3. The maximum Gasteiger partial charge on any atom is 0.339 e. The van der Waals surface area contributed by atoms with Crippen LogP contribution in [0.4, 0.5) is 0 Å². The van der Waals surface area contributed by atoms with Crippen LogP contribution >= 0.6 is 11.3 Å². The molecule has 162 valence electrons. The molecule has 0 spiro atoms. The molecule has 1 aliphatic carbocycles. The summed E-state index contributed by atoms with van der Waals surface area (Å²) in [6, 6.07) is 16.5. The van der Waals surface area contributed by atoms with E-state index in [1.165, 1.54) is 30.6 Å². The number of thiophene rings is 1. The third-order valence-electron chi connectivity index (χ3n) is 5.05. The van der Waals surface area contributed by atoms with Gasteiger partial charge in [0.05, 0.1) is 12.0 Å². The van der Waals surface area contributed by atoms with E-state index in [0.29, 0.717) is 18.2 Å². The lowest BCUT2D eigenvalue weighted by Gasteiger charge is -2.22. The van der Waals surface area contributed by atoms with Crippen molar-refractivity contribution in [2.45, 2.75) is 24.3 Å². The molecule has 2 aromatic carbocycles. The monoisotopic (exact) mass is 457 g/mol. The number of rotatable bonds is 9. The SMILES string of the molecule is COc1ccc(S(=O)(=O)Oc2ccc(CN(CC3CC3)C(=O)c3cccs3)cc2)cc1. The minimum absolute atomic E-state index is 0.0318. The van der Waals surface area contributed by atoms with Crippen LogP contribution in [0.1, 0.15) is 28.1 Å². The van der Waals surface area contributed by atoms with Gasteiger partial charge in [0.2, 0.25) is 0 Å². The summed E-state index contributed by atoms with van der Waals surface area (Å²) in [6.45, 7) is 1.21. The summed E-state index contributed by atoms with van der Waals surface area (Å²) in [4.78, 5) is 15.5. The number of carbonyl (C=O) groups excluding carboxylic acids is 1. The highest BCUT2D eigenvalue weighted by molar-refractivity contribution is 7.87. The molecule has 0 bridgehead atoms. The summed E-state index contributed by atoms with van der Waals surface area (Å²) in [7, 11) is -2.43. The third-order valence-corrected chi connectivity index (χ3v) is 7.16. The smallest absolute Gasteiger partial charge is 0.339 e. The zero-order chi connectivity index (χ0) is 21.8. The zero-order valence-electron chi connectivity index (χ0n) is 17.1. The van der Waals surface area contributed by atoms with Crippen LogP contribution in [0.25, 0.3) is 0 Å². The minimum Gasteiger partial charge on any atom is -0.497 e. The Kier molecular flexibility index (Phi) is 6.29. The zero-order valence-corrected chi connectivity index (χ0v) is 18.7. The average Bonchev–Trinajstić information content (AvgIpc) is 3.42. The van der Waals surface area contributed by atoms with Gasteiger partial charge in [-0.2, -0.15) is 8.42 Å². The molecule has 1 aliphatic rings. The van der Waals surface area contributed by atoms with Crippen molar-refractivity contribution >= 4 is 27.4 Å². The number of hydrogen-bond donors (Lipinski definition) is 0. The molecule has 0 atom stereocenters. The predicted molar refractivity (Wildman–Crippen MR) is 119 cm³/mol. The second-order valence-electron chi connectivity index (χ2n) is 7.46. The van der Waals surface area contributed by atoms with Gasteiger partial charge in [-0.1, -0.05) is 18.2 Å². The summed E-state index contributed by atoms with van der Waals surface area (Å²) in [5, 5.41) is 1.90. The number of hydrogen-bond acceptors (Lipinski definition) is 6. The van der Waals surface area contributed by atoms with E-state index in [2.05, 4.69) is 0 Å². The van der Waals surface area contributed by atoms with Crippen molar-refractivity contribution in [1.82, 2.24) is 4.90 Å². The van der Waals surface area contributed by atoms with Crippen LogP contribution in [0.2, 0.25) is 0 Å². The molecule has 1 amide bonds. The van der Waals surface area contributed by atoms with Gasteiger partial charge in [-0.3, -0.25) is 4.79 Å². The van der Waals surface area contributed by atoms with E-state index in [0.717, 1.165) is 29.8 Å². The van der Waals surface area contributed by atoms with Crippen LogP contribution in [0, 0.1) is 5.92 Å². The molecule has 1 heterocycles. The Hall–Kier alpha value is -2.84. The molecule has 31 heavy (non-hydrogen) atoms. The van der Waals surface area contributed by atoms with Crippen LogP contribution in [0.5, 0.6) is 11.5 Å². The molecule has 1 aromatic heterocycles. The van der Waals surface area contributed by atoms with Crippen molar-refractivity contribution < 1.29 is 22.1 Å². The second kappa shape index (κ2) is 9.11. The molecule has 0 aliphatic heterocycles. The van der Waals surface area contributed by atoms with Gasteiger partial charge in [0, 0.05) is 13.1 Å². The Labute approximate surface area is 186 Å². The second-order valence-corrected chi connectivity index (χ2v) is 9.96. The van der Waals surface area contributed by atoms with Gasteiger partial charge in [0.1, 0.15) is 16.4 Å². The van der Waals surface area contributed by atoms with E-state index in [1.54, 1.807) is 36.4 Å². The number of amides is 1. The lowest BCUT2D eigenvalue weighted by molar-refractivity contribution is 0.0740. The Bertz CT molecular complexity index is 1120. The van der Waals surface area contributed by atoms with Gasteiger partial charge in [-0.15, -0.1) is 11.3 Å². The summed E-state index contributed by atoms with van der Waals surface area (Å²) >= 11 is 1.44. The average molecular weight is 458 g/mol. The minimum atomic E-state index is -3.94. The van der Waals surface area contributed by atoms with Crippen molar-refractivity contribution in [3.8, 4) is 11.5 Å². The molecule has 0 N–H and O–H groups in total. The maximum absolute atomic E-state index is 12.9. The highest BCUT2D eigenvalue weighted by Crippen LogP contribution is 2.31. The highest BCUT2D eigenvalue weighted by Gasteiger charge is 2.27. The van der Waals surface area contributed by atoms with E-state index in [9.17, 15) is 13.2 Å². The molecule has 4 rings (SSSR count). The normalized spacial score (nSPS) is 13.6. The van der Waals surface area contributed by atoms with E-state index in [-0.39, 0.29) is 16.6 Å². The molecular weight excluding hydrogens is 434 g/mol. The van der Waals surface area contributed by atoms with Gasteiger partial charge < -0.3 is 13.8 Å². The van der Waals surface area contributed by atoms with E-state index in [4.69, 9.17) is 8.92 Å². The quantitative estimate of drug-likeness (QED) is 0.440. The largest absolute Gasteiger partial charge is 0.497 e. The van der Waals surface area contributed by atoms with Crippen LogP contribution in [0.3, 0.4) is 0 Å². The molecule has 3 aromatic rings. The Morgan fingerprint density at radius 1 is 1.03 bits per heavy atom. The Morgan fingerprint density at radius 2 is 1.71 bits per heavy atom. The van der Waals surface area contributed by atoms with E-state index in [1.807, 2.05) is 22.4 Å². The maximum atomic E-state index is 12.9.